The van der Waals surface area contributed by atoms with Crippen molar-refractivity contribution in [1.29, 1.82) is 0 Å². The summed E-state index contributed by atoms with van der Waals surface area (Å²) >= 11 is 1.57. The summed E-state index contributed by atoms with van der Waals surface area (Å²) in [5, 5.41) is 5.30. The molecule has 19 heavy (non-hydrogen) atoms. The molecule has 1 N–H and O–H groups in total. The third-order valence-corrected chi connectivity index (χ3v) is 3.67. The van der Waals surface area contributed by atoms with Gasteiger partial charge in [0, 0.05) is 18.9 Å². The largest absolute Gasteiger partial charge is 0.313 e. The molecule has 0 saturated carbocycles. The van der Waals surface area contributed by atoms with Crippen molar-refractivity contribution in [2.45, 2.75) is 36.9 Å². The van der Waals surface area contributed by atoms with E-state index >= 15 is 0 Å². The van der Waals surface area contributed by atoms with E-state index in [1.54, 1.807) is 24.3 Å². The number of aromatic nitrogens is 3. The van der Waals surface area contributed by atoms with E-state index in [1.807, 2.05) is 12.3 Å². The molecule has 4 nitrogen and oxygen atoms in total. The average molecular weight is 274 g/mol. The van der Waals surface area contributed by atoms with E-state index < -0.39 is 0 Å². The lowest BCUT2D eigenvalue weighted by atomic mass is 10.2. The third kappa shape index (κ3) is 4.29. The van der Waals surface area contributed by atoms with Crippen LogP contribution in [0, 0.1) is 6.92 Å². The van der Waals surface area contributed by atoms with Gasteiger partial charge in [0.2, 0.25) is 0 Å². The fourth-order valence-corrected chi connectivity index (χ4v) is 2.42. The summed E-state index contributed by atoms with van der Waals surface area (Å²) in [5.74, 6) is 0. The molecule has 100 valence electrons. The first-order chi connectivity index (χ1) is 9.29. The minimum atomic E-state index is 0.875. The molecule has 0 amide bonds. The van der Waals surface area contributed by atoms with Crippen LogP contribution in [0.5, 0.6) is 0 Å². The number of pyridine rings is 1. The van der Waals surface area contributed by atoms with Crippen LogP contribution in [-0.4, -0.2) is 21.5 Å². The van der Waals surface area contributed by atoms with Gasteiger partial charge in [-0.3, -0.25) is 0 Å². The van der Waals surface area contributed by atoms with Gasteiger partial charge in [0.05, 0.1) is 0 Å². The predicted molar refractivity (Wildman–Crippen MR) is 77.1 cm³/mol. The van der Waals surface area contributed by atoms with Crippen LogP contribution in [0.3, 0.4) is 0 Å². The molecule has 0 saturated heterocycles. The van der Waals surface area contributed by atoms with Crippen LogP contribution < -0.4 is 5.32 Å². The van der Waals surface area contributed by atoms with Gasteiger partial charge >= 0.3 is 0 Å². The summed E-state index contributed by atoms with van der Waals surface area (Å²) in [5.41, 5.74) is 2.40. The predicted octanol–water partition coefficient (Wildman–Crippen LogP) is 2.83. The quantitative estimate of drug-likeness (QED) is 0.648. The zero-order valence-corrected chi connectivity index (χ0v) is 12.1. The second kappa shape index (κ2) is 7.21. The SMILES string of the molecule is CCCNCc1cnc(Sc2ccncn2)c(C)c1. The van der Waals surface area contributed by atoms with Gasteiger partial charge < -0.3 is 5.32 Å². The van der Waals surface area contributed by atoms with E-state index in [1.165, 1.54) is 11.1 Å². The summed E-state index contributed by atoms with van der Waals surface area (Å²) in [7, 11) is 0. The number of nitrogens with zero attached hydrogens (tertiary/aromatic N) is 3. The highest BCUT2D eigenvalue weighted by molar-refractivity contribution is 7.99. The summed E-state index contributed by atoms with van der Waals surface area (Å²) < 4.78 is 0. The van der Waals surface area contributed by atoms with E-state index in [9.17, 15) is 0 Å². The van der Waals surface area contributed by atoms with Gasteiger partial charge in [-0.05, 0) is 48.8 Å². The average Bonchev–Trinajstić information content (AvgIpc) is 2.43. The molecule has 0 aliphatic heterocycles. The van der Waals surface area contributed by atoms with Crippen molar-refractivity contribution in [3.63, 3.8) is 0 Å². The Morgan fingerprint density at radius 1 is 1.32 bits per heavy atom. The third-order valence-electron chi connectivity index (χ3n) is 2.60. The van der Waals surface area contributed by atoms with Gasteiger partial charge in [-0.25, -0.2) is 15.0 Å². The second-order valence-corrected chi connectivity index (χ2v) is 5.30. The standard InChI is InChI=1S/C14H18N4S/c1-3-5-15-8-12-7-11(2)14(17-9-12)19-13-4-6-16-10-18-13/h4,6-7,9-10,15H,3,5,8H2,1-2H3. The topological polar surface area (TPSA) is 50.7 Å². The van der Waals surface area contributed by atoms with Gasteiger partial charge in [0.1, 0.15) is 16.4 Å². The van der Waals surface area contributed by atoms with Crippen LogP contribution in [0.15, 0.2) is 40.9 Å². The van der Waals surface area contributed by atoms with Gasteiger partial charge in [0.25, 0.3) is 0 Å². The Bertz CT molecular complexity index is 516. The fraction of sp³-hybridized carbons (Fsp3) is 0.357. The Hall–Kier alpha value is -1.46. The summed E-state index contributed by atoms with van der Waals surface area (Å²) in [6.07, 6.45) is 6.38. The molecule has 0 aliphatic carbocycles. The Balaban J connectivity index is 2.03. The summed E-state index contributed by atoms with van der Waals surface area (Å²) in [6.45, 7) is 6.16. The lowest BCUT2D eigenvalue weighted by molar-refractivity contribution is 0.672. The Morgan fingerprint density at radius 3 is 2.89 bits per heavy atom. The summed E-state index contributed by atoms with van der Waals surface area (Å²) in [4.78, 5) is 12.6. The molecule has 2 rings (SSSR count). The molecule has 2 aromatic heterocycles. The van der Waals surface area contributed by atoms with Crippen molar-refractivity contribution in [2.75, 3.05) is 6.54 Å². The molecule has 0 atom stereocenters. The molecule has 0 unspecified atom stereocenters. The number of nitrogens with one attached hydrogen (secondary N) is 1. The first-order valence-electron chi connectivity index (χ1n) is 6.39. The summed E-state index contributed by atoms with van der Waals surface area (Å²) in [6, 6.07) is 4.07. The Kier molecular flexibility index (Phi) is 5.30. The molecule has 2 aromatic rings. The fourth-order valence-electron chi connectivity index (χ4n) is 1.67. The van der Waals surface area contributed by atoms with E-state index in [4.69, 9.17) is 0 Å². The highest BCUT2D eigenvalue weighted by Gasteiger charge is 2.05. The van der Waals surface area contributed by atoms with Gasteiger partial charge in [0.15, 0.2) is 0 Å². The van der Waals surface area contributed by atoms with E-state index in [0.29, 0.717) is 0 Å². The zero-order valence-electron chi connectivity index (χ0n) is 11.3. The zero-order chi connectivity index (χ0) is 13.5. The minimum absolute atomic E-state index is 0.875. The van der Waals surface area contributed by atoms with E-state index in [-0.39, 0.29) is 0 Å². The van der Waals surface area contributed by atoms with Crippen molar-refractivity contribution < 1.29 is 0 Å². The van der Waals surface area contributed by atoms with Crippen LogP contribution in [0.2, 0.25) is 0 Å². The van der Waals surface area contributed by atoms with Crippen molar-refractivity contribution in [3.05, 3.63) is 42.0 Å². The molecule has 2 heterocycles. The molecule has 0 aromatic carbocycles. The van der Waals surface area contributed by atoms with Crippen molar-refractivity contribution in [1.82, 2.24) is 20.3 Å². The van der Waals surface area contributed by atoms with Crippen molar-refractivity contribution in [2.24, 2.45) is 0 Å². The molecule has 0 fully saturated rings. The number of rotatable bonds is 6. The smallest absolute Gasteiger partial charge is 0.116 e. The highest BCUT2D eigenvalue weighted by atomic mass is 32.2. The van der Waals surface area contributed by atoms with Crippen LogP contribution >= 0.6 is 11.8 Å². The van der Waals surface area contributed by atoms with Crippen LogP contribution in [0.25, 0.3) is 0 Å². The van der Waals surface area contributed by atoms with E-state index in [2.05, 4.69) is 40.2 Å². The minimum Gasteiger partial charge on any atom is -0.313 e. The first kappa shape index (κ1) is 14.0. The van der Waals surface area contributed by atoms with E-state index in [0.717, 1.165) is 29.6 Å². The van der Waals surface area contributed by atoms with Gasteiger partial charge in [-0.2, -0.15) is 0 Å². The molecule has 0 bridgehead atoms. The van der Waals surface area contributed by atoms with Crippen LogP contribution in [-0.2, 0) is 6.54 Å². The Morgan fingerprint density at radius 2 is 2.21 bits per heavy atom. The lowest BCUT2D eigenvalue weighted by Crippen LogP contribution is -2.14. The molecular weight excluding hydrogens is 256 g/mol. The first-order valence-corrected chi connectivity index (χ1v) is 7.21. The monoisotopic (exact) mass is 274 g/mol. The van der Waals surface area contributed by atoms with Crippen molar-refractivity contribution >= 4 is 11.8 Å². The highest BCUT2D eigenvalue weighted by Crippen LogP contribution is 2.26. The van der Waals surface area contributed by atoms with Crippen LogP contribution in [0.1, 0.15) is 24.5 Å². The van der Waals surface area contributed by atoms with Gasteiger partial charge in [-0.1, -0.05) is 13.0 Å². The molecule has 0 spiro atoms. The normalized spacial score (nSPS) is 10.6. The maximum absolute atomic E-state index is 4.51. The van der Waals surface area contributed by atoms with Gasteiger partial charge in [-0.15, -0.1) is 0 Å². The Labute approximate surface area is 118 Å². The molecule has 5 heteroatoms. The van der Waals surface area contributed by atoms with Crippen LogP contribution in [0.4, 0.5) is 0 Å². The molecular formula is C14H18N4S. The number of hydrogen-bond acceptors (Lipinski definition) is 5. The molecule has 0 aliphatic rings. The lowest BCUT2D eigenvalue weighted by Gasteiger charge is -2.07. The maximum Gasteiger partial charge on any atom is 0.116 e. The maximum atomic E-state index is 4.51. The van der Waals surface area contributed by atoms with Crippen molar-refractivity contribution in [3.8, 4) is 0 Å². The second-order valence-electron chi connectivity index (χ2n) is 4.29. The number of aryl methyl sites for hydroxylation is 1. The number of hydrogen-bond donors (Lipinski definition) is 1. The molecule has 0 radical (unpaired) electrons.